The van der Waals surface area contributed by atoms with Crippen LogP contribution in [0.4, 0.5) is 0 Å². The molecule has 1 saturated heterocycles. The van der Waals surface area contributed by atoms with E-state index in [1.807, 2.05) is 0 Å². The van der Waals surface area contributed by atoms with Gasteiger partial charge in [0.15, 0.2) is 0 Å². The standard InChI is InChI=1S/C16H22N2O6S/c1-2-23-16(20)14(10-12-4-3-9-24-12)18-8-7-17(11-15(18)19)25(21,22)13-5-6-13/h3-4,9,13-14H,2,5-8,10-11H2,1H3/t14-/m0/s1. The number of amides is 1. The minimum atomic E-state index is -3.40. The van der Waals surface area contributed by atoms with Gasteiger partial charge in [-0.25, -0.2) is 13.2 Å². The lowest BCUT2D eigenvalue weighted by atomic mass is 10.1. The maximum absolute atomic E-state index is 12.6. The number of ether oxygens (including phenoxy) is 1. The third-order valence-electron chi connectivity index (χ3n) is 4.44. The molecule has 2 aliphatic rings. The molecule has 9 heteroatoms. The highest BCUT2D eigenvalue weighted by Crippen LogP contribution is 2.31. The maximum atomic E-state index is 12.6. The van der Waals surface area contributed by atoms with Gasteiger partial charge in [-0.05, 0) is 31.9 Å². The molecule has 1 atom stereocenters. The Labute approximate surface area is 146 Å². The quantitative estimate of drug-likeness (QED) is 0.644. The molecule has 0 radical (unpaired) electrons. The first-order chi connectivity index (χ1) is 11.9. The van der Waals surface area contributed by atoms with Gasteiger partial charge in [-0.15, -0.1) is 0 Å². The second-order valence-electron chi connectivity index (χ2n) is 6.22. The molecule has 1 amide bonds. The number of furan rings is 1. The first-order valence-electron chi connectivity index (χ1n) is 8.41. The Kier molecular flexibility index (Phi) is 5.14. The summed E-state index contributed by atoms with van der Waals surface area (Å²) in [5, 5.41) is -0.351. The molecule has 0 bridgehead atoms. The van der Waals surface area contributed by atoms with Crippen molar-refractivity contribution in [3.63, 3.8) is 0 Å². The second kappa shape index (κ2) is 7.17. The summed E-state index contributed by atoms with van der Waals surface area (Å²) in [7, 11) is -3.40. The summed E-state index contributed by atoms with van der Waals surface area (Å²) in [5.41, 5.74) is 0. The molecule has 1 saturated carbocycles. The maximum Gasteiger partial charge on any atom is 0.329 e. The van der Waals surface area contributed by atoms with E-state index < -0.39 is 22.0 Å². The second-order valence-corrected chi connectivity index (χ2v) is 8.43. The van der Waals surface area contributed by atoms with E-state index >= 15 is 0 Å². The monoisotopic (exact) mass is 370 g/mol. The number of piperazine rings is 1. The first-order valence-corrected chi connectivity index (χ1v) is 9.91. The third kappa shape index (κ3) is 3.87. The number of carbonyl (C=O) groups excluding carboxylic acids is 2. The molecule has 1 aromatic rings. The summed E-state index contributed by atoms with van der Waals surface area (Å²) in [4.78, 5) is 26.3. The number of sulfonamides is 1. The van der Waals surface area contributed by atoms with Gasteiger partial charge in [0.2, 0.25) is 15.9 Å². The van der Waals surface area contributed by atoms with Crippen LogP contribution in [0.1, 0.15) is 25.5 Å². The van der Waals surface area contributed by atoms with Crippen molar-refractivity contribution in [2.45, 2.75) is 37.5 Å². The van der Waals surface area contributed by atoms with Crippen molar-refractivity contribution >= 4 is 21.9 Å². The van der Waals surface area contributed by atoms with Crippen LogP contribution in [0.2, 0.25) is 0 Å². The lowest BCUT2D eigenvalue weighted by Gasteiger charge is -2.37. The van der Waals surface area contributed by atoms with Crippen molar-refractivity contribution in [1.82, 2.24) is 9.21 Å². The Balaban J connectivity index is 1.73. The number of rotatable bonds is 7. The van der Waals surface area contributed by atoms with Crippen LogP contribution in [0.15, 0.2) is 22.8 Å². The molecular formula is C16H22N2O6S. The van der Waals surface area contributed by atoms with E-state index in [1.54, 1.807) is 19.1 Å². The van der Waals surface area contributed by atoms with Crippen LogP contribution in [0.25, 0.3) is 0 Å². The van der Waals surface area contributed by atoms with Crippen LogP contribution >= 0.6 is 0 Å². The molecule has 0 N–H and O–H groups in total. The van der Waals surface area contributed by atoms with Crippen molar-refractivity contribution in [2.75, 3.05) is 26.2 Å². The molecule has 138 valence electrons. The highest BCUT2D eigenvalue weighted by Gasteiger charge is 2.44. The fraction of sp³-hybridized carbons (Fsp3) is 0.625. The molecule has 25 heavy (non-hydrogen) atoms. The van der Waals surface area contributed by atoms with Crippen molar-refractivity contribution in [1.29, 1.82) is 0 Å². The van der Waals surface area contributed by atoms with Gasteiger partial charge in [0.25, 0.3) is 0 Å². The molecule has 3 rings (SSSR count). The average Bonchev–Trinajstić information content (AvgIpc) is 3.32. The molecule has 1 aromatic heterocycles. The smallest absolute Gasteiger partial charge is 0.329 e. The predicted octanol–water partition coefficient (Wildman–Crippen LogP) is 0.390. The van der Waals surface area contributed by atoms with Crippen molar-refractivity contribution in [3.8, 4) is 0 Å². The SMILES string of the molecule is CCOC(=O)[C@H](Cc1ccco1)N1CCN(S(=O)(=O)C2CC2)CC1=O. The third-order valence-corrected chi connectivity index (χ3v) is 6.78. The zero-order chi connectivity index (χ0) is 18.0. The van der Waals surface area contributed by atoms with Crippen LogP contribution in [0.3, 0.4) is 0 Å². The fourth-order valence-electron chi connectivity index (χ4n) is 2.97. The Morgan fingerprint density at radius 2 is 2.16 bits per heavy atom. The van der Waals surface area contributed by atoms with E-state index in [0.29, 0.717) is 18.6 Å². The Hall–Kier alpha value is -1.87. The molecule has 2 fully saturated rings. The van der Waals surface area contributed by atoms with Crippen LogP contribution in [-0.4, -0.2) is 67.0 Å². The van der Waals surface area contributed by atoms with E-state index in [4.69, 9.17) is 9.15 Å². The van der Waals surface area contributed by atoms with Crippen molar-refractivity contribution < 1.29 is 27.2 Å². The molecule has 0 unspecified atom stereocenters. The first kappa shape index (κ1) is 17.9. The lowest BCUT2D eigenvalue weighted by Crippen LogP contribution is -2.58. The van der Waals surface area contributed by atoms with Crippen LogP contribution in [-0.2, 0) is 30.8 Å². The molecular weight excluding hydrogens is 348 g/mol. The fourth-order valence-corrected chi connectivity index (χ4v) is 4.75. The molecule has 8 nitrogen and oxygen atoms in total. The van der Waals surface area contributed by atoms with Crippen LogP contribution < -0.4 is 0 Å². The van der Waals surface area contributed by atoms with Crippen molar-refractivity contribution in [2.24, 2.45) is 0 Å². The van der Waals surface area contributed by atoms with Gasteiger partial charge < -0.3 is 14.1 Å². The minimum Gasteiger partial charge on any atom is -0.469 e. The predicted molar refractivity (Wildman–Crippen MR) is 88.1 cm³/mol. The highest BCUT2D eigenvalue weighted by atomic mass is 32.2. The normalized spacial score (nSPS) is 20.5. The Bertz CT molecular complexity index is 726. The Morgan fingerprint density at radius 1 is 1.40 bits per heavy atom. The van der Waals surface area contributed by atoms with Gasteiger partial charge in [-0.2, -0.15) is 4.31 Å². The van der Waals surface area contributed by atoms with E-state index in [2.05, 4.69) is 0 Å². The van der Waals surface area contributed by atoms with Gasteiger partial charge >= 0.3 is 5.97 Å². The topological polar surface area (TPSA) is 97.1 Å². The van der Waals surface area contributed by atoms with Gasteiger partial charge in [-0.3, -0.25) is 4.79 Å². The molecule has 0 aromatic carbocycles. The summed E-state index contributed by atoms with van der Waals surface area (Å²) < 4.78 is 36.2. The summed E-state index contributed by atoms with van der Waals surface area (Å²) >= 11 is 0. The molecule has 1 aliphatic carbocycles. The molecule has 0 spiro atoms. The number of esters is 1. The summed E-state index contributed by atoms with van der Waals surface area (Å²) in [6, 6.07) is 2.62. The zero-order valence-electron chi connectivity index (χ0n) is 14.1. The number of carbonyl (C=O) groups is 2. The van der Waals surface area contributed by atoms with Gasteiger partial charge in [0.05, 0.1) is 24.7 Å². The largest absolute Gasteiger partial charge is 0.469 e. The van der Waals surface area contributed by atoms with E-state index in [9.17, 15) is 18.0 Å². The zero-order valence-corrected chi connectivity index (χ0v) is 14.9. The Morgan fingerprint density at radius 3 is 2.72 bits per heavy atom. The van der Waals surface area contributed by atoms with E-state index in [1.165, 1.54) is 15.5 Å². The number of hydrogen-bond donors (Lipinski definition) is 0. The molecule has 2 heterocycles. The summed E-state index contributed by atoms with van der Waals surface area (Å²) in [6.07, 6.45) is 3.01. The van der Waals surface area contributed by atoms with E-state index in [0.717, 1.165) is 0 Å². The average molecular weight is 370 g/mol. The number of nitrogens with zero attached hydrogens (tertiary/aromatic N) is 2. The lowest BCUT2D eigenvalue weighted by molar-refractivity contribution is -0.156. The number of hydrogen-bond acceptors (Lipinski definition) is 6. The minimum absolute atomic E-state index is 0.162. The van der Waals surface area contributed by atoms with Crippen LogP contribution in [0, 0.1) is 0 Å². The van der Waals surface area contributed by atoms with E-state index in [-0.39, 0.29) is 43.8 Å². The van der Waals surface area contributed by atoms with Gasteiger partial charge in [0.1, 0.15) is 11.8 Å². The van der Waals surface area contributed by atoms with Gasteiger partial charge in [-0.1, -0.05) is 0 Å². The molecule has 1 aliphatic heterocycles. The van der Waals surface area contributed by atoms with Crippen LogP contribution in [0.5, 0.6) is 0 Å². The summed E-state index contributed by atoms with van der Waals surface area (Å²) in [5.74, 6) is -0.329. The summed E-state index contributed by atoms with van der Waals surface area (Å²) in [6.45, 7) is 2.03. The van der Waals surface area contributed by atoms with Crippen molar-refractivity contribution in [3.05, 3.63) is 24.2 Å². The highest BCUT2D eigenvalue weighted by molar-refractivity contribution is 7.90. The van der Waals surface area contributed by atoms with Gasteiger partial charge in [0, 0.05) is 19.5 Å².